The lowest BCUT2D eigenvalue weighted by atomic mass is 9.84. The molecule has 1 aliphatic carbocycles. The van der Waals surface area contributed by atoms with E-state index in [1.807, 2.05) is 6.07 Å². The second-order valence-corrected chi connectivity index (χ2v) is 5.86. The van der Waals surface area contributed by atoms with Crippen molar-refractivity contribution in [1.82, 2.24) is 5.32 Å². The molecule has 0 unspecified atom stereocenters. The van der Waals surface area contributed by atoms with Crippen molar-refractivity contribution in [2.75, 3.05) is 6.61 Å². The van der Waals surface area contributed by atoms with Crippen LogP contribution in [0.2, 0.25) is 0 Å². The van der Waals surface area contributed by atoms with E-state index in [1.165, 1.54) is 37.7 Å². The van der Waals surface area contributed by atoms with Crippen LogP contribution >= 0.6 is 0 Å². The van der Waals surface area contributed by atoms with Crippen molar-refractivity contribution in [1.29, 1.82) is 0 Å². The zero-order valence-electron chi connectivity index (χ0n) is 12.0. The van der Waals surface area contributed by atoms with Crippen molar-refractivity contribution in [2.24, 2.45) is 5.92 Å². The predicted molar refractivity (Wildman–Crippen MR) is 80.2 cm³/mol. The van der Waals surface area contributed by atoms with Gasteiger partial charge in [-0.15, -0.1) is 0 Å². The molecule has 2 rings (SSSR count). The summed E-state index contributed by atoms with van der Waals surface area (Å²) in [4.78, 5) is 0. The van der Waals surface area contributed by atoms with Gasteiger partial charge < -0.3 is 10.4 Å². The minimum absolute atomic E-state index is 0.200. The van der Waals surface area contributed by atoms with Gasteiger partial charge in [0.1, 0.15) is 0 Å². The minimum Gasteiger partial charge on any atom is -0.395 e. The van der Waals surface area contributed by atoms with E-state index in [4.69, 9.17) is 0 Å². The van der Waals surface area contributed by atoms with Gasteiger partial charge in [-0.3, -0.25) is 0 Å². The first-order valence-electron chi connectivity index (χ1n) is 7.72. The Morgan fingerprint density at radius 1 is 1.16 bits per heavy atom. The zero-order valence-corrected chi connectivity index (χ0v) is 12.0. The van der Waals surface area contributed by atoms with E-state index in [1.54, 1.807) is 0 Å². The van der Waals surface area contributed by atoms with Crippen LogP contribution < -0.4 is 5.32 Å². The normalized spacial score (nSPS) is 25.2. The number of benzene rings is 1. The topological polar surface area (TPSA) is 32.3 Å². The molecule has 1 atom stereocenters. The van der Waals surface area contributed by atoms with Crippen LogP contribution in [-0.2, 0) is 6.42 Å². The predicted octanol–water partition coefficient (Wildman–Crippen LogP) is 3.15. The number of hydrogen-bond donors (Lipinski definition) is 2. The SMILES string of the molecule is CCC1CCC(N[C@@H](CO)Cc2ccccc2)CC1. The van der Waals surface area contributed by atoms with Gasteiger partial charge in [-0.05, 0) is 43.6 Å². The van der Waals surface area contributed by atoms with Crippen molar-refractivity contribution in [3.8, 4) is 0 Å². The third-order valence-electron chi connectivity index (χ3n) is 4.44. The van der Waals surface area contributed by atoms with Gasteiger partial charge in [0.2, 0.25) is 0 Å². The molecule has 0 aliphatic heterocycles. The average molecular weight is 261 g/mol. The maximum atomic E-state index is 9.55. The Kier molecular flexibility index (Phi) is 5.87. The molecule has 1 aromatic carbocycles. The number of aliphatic hydroxyl groups is 1. The highest BCUT2D eigenvalue weighted by Gasteiger charge is 2.22. The van der Waals surface area contributed by atoms with Crippen LogP contribution in [0.3, 0.4) is 0 Å². The molecule has 2 N–H and O–H groups in total. The second-order valence-electron chi connectivity index (χ2n) is 5.86. The van der Waals surface area contributed by atoms with Crippen LogP contribution in [0.15, 0.2) is 30.3 Å². The third kappa shape index (κ3) is 4.63. The monoisotopic (exact) mass is 261 g/mol. The molecule has 1 aliphatic rings. The molecule has 0 saturated heterocycles. The van der Waals surface area contributed by atoms with Crippen molar-refractivity contribution in [2.45, 2.75) is 57.5 Å². The van der Waals surface area contributed by atoms with Gasteiger partial charge in [-0.1, -0.05) is 43.7 Å². The van der Waals surface area contributed by atoms with Gasteiger partial charge in [0.05, 0.1) is 6.61 Å². The summed E-state index contributed by atoms with van der Waals surface area (Å²) in [7, 11) is 0. The van der Waals surface area contributed by atoms with Crippen LogP contribution in [0.1, 0.15) is 44.6 Å². The quantitative estimate of drug-likeness (QED) is 0.824. The molecule has 0 heterocycles. The Hall–Kier alpha value is -0.860. The molecule has 2 nitrogen and oxygen atoms in total. The van der Waals surface area contributed by atoms with E-state index < -0.39 is 0 Å². The van der Waals surface area contributed by atoms with E-state index in [2.05, 4.69) is 36.5 Å². The van der Waals surface area contributed by atoms with E-state index >= 15 is 0 Å². The summed E-state index contributed by atoms with van der Waals surface area (Å²) in [5, 5.41) is 13.2. The van der Waals surface area contributed by atoms with Gasteiger partial charge in [0, 0.05) is 12.1 Å². The van der Waals surface area contributed by atoms with Crippen LogP contribution in [0.5, 0.6) is 0 Å². The average Bonchev–Trinajstić information content (AvgIpc) is 2.48. The Labute approximate surface area is 117 Å². The molecule has 0 spiro atoms. The summed E-state index contributed by atoms with van der Waals surface area (Å²) in [6.07, 6.45) is 7.47. The molecule has 2 heteroatoms. The fraction of sp³-hybridized carbons (Fsp3) is 0.647. The molecule has 0 bridgehead atoms. The standard InChI is InChI=1S/C17H27NO/c1-2-14-8-10-16(11-9-14)18-17(13-19)12-15-6-4-3-5-7-15/h3-7,14,16-19H,2,8-13H2,1H3/t14?,16?,17-/m1/s1. The minimum atomic E-state index is 0.200. The molecule has 1 fully saturated rings. The van der Waals surface area contributed by atoms with Crippen molar-refractivity contribution in [3.05, 3.63) is 35.9 Å². The van der Waals surface area contributed by atoms with E-state index in [-0.39, 0.29) is 12.6 Å². The molecule has 106 valence electrons. The lowest BCUT2D eigenvalue weighted by molar-refractivity contribution is 0.205. The summed E-state index contributed by atoms with van der Waals surface area (Å²) in [5.74, 6) is 0.930. The third-order valence-corrected chi connectivity index (χ3v) is 4.44. The van der Waals surface area contributed by atoms with Gasteiger partial charge in [-0.2, -0.15) is 0 Å². The highest BCUT2D eigenvalue weighted by molar-refractivity contribution is 5.16. The van der Waals surface area contributed by atoms with E-state index in [0.29, 0.717) is 6.04 Å². The summed E-state index contributed by atoms with van der Waals surface area (Å²) in [5.41, 5.74) is 1.30. The highest BCUT2D eigenvalue weighted by atomic mass is 16.3. The number of rotatable bonds is 6. The van der Waals surface area contributed by atoms with Crippen molar-refractivity contribution >= 4 is 0 Å². The van der Waals surface area contributed by atoms with Gasteiger partial charge in [0.25, 0.3) is 0 Å². The number of hydrogen-bond acceptors (Lipinski definition) is 2. The molecule has 1 aromatic rings. The van der Waals surface area contributed by atoms with Crippen LogP contribution in [0.25, 0.3) is 0 Å². The molecular weight excluding hydrogens is 234 g/mol. The van der Waals surface area contributed by atoms with Crippen LogP contribution in [0.4, 0.5) is 0 Å². The smallest absolute Gasteiger partial charge is 0.0587 e. The summed E-state index contributed by atoms with van der Waals surface area (Å²) >= 11 is 0. The first-order chi connectivity index (χ1) is 9.31. The van der Waals surface area contributed by atoms with Crippen molar-refractivity contribution in [3.63, 3.8) is 0 Å². The van der Waals surface area contributed by atoms with Crippen LogP contribution in [-0.4, -0.2) is 23.8 Å². The number of nitrogens with one attached hydrogen (secondary N) is 1. The summed E-state index contributed by atoms with van der Waals surface area (Å²) in [6, 6.07) is 11.2. The summed E-state index contributed by atoms with van der Waals surface area (Å²) in [6.45, 7) is 2.52. The molecule has 0 radical (unpaired) electrons. The van der Waals surface area contributed by atoms with E-state index in [0.717, 1.165) is 12.3 Å². The Morgan fingerprint density at radius 2 is 1.84 bits per heavy atom. The van der Waals surface area contributed by atoms with Gasteiger partial charge in [0.15, 0.2) is 0 Å². The molecule has 19 heavy (non-hydrogen) atoms. The molecule has 0 aromatic heterocycles. The molecular formula is C17H27NO. The highest BCUT2D eigenvalue weighted by Crippen LogP contribution is 2.26. The maximum absolute atomic E-state index is 9.55. The maximum Gasteiger partial charge on any atom is 0.0587 e. The Balaban J connectivity index is 1.79. The lowest BCUT2D eigenvalue weighted by Crippen LogP contribution is -2.43. The molecule has 1 saturated carbocycles. The van der Waals surface area contributed by atoms with Crippen LogP contribution in [0, 0.1) is 5.92 Å². The second kappa shape index (κ2) is 7.66. The Morgan fingerprint density at radius 3 is 2.42 bits per heavy atom. The largest absolute Gasteiger partial charge is 0.395 e. The lowest BCUT2D eigenvalue weighted by Gasteiger charge is -2.31. The molecule has 0 amide bonds. The zero-order chi connectivity index (χ0) is 13.5. The fourth-order valence-corrected chi connectivity index (χ4v) is 3.15. The van der Waals surface area contributed by atoms with Gasteiger partial charge >= 0.3 is 0 Å². The fourth-order valence-electron chi connectivity index (χ4n) is 3.15. The summed E-state index contributed by atoms with van der Waals surface area (Å²) < 4.78 is 0. The Bertz CT molecular complexity index is 344. The number of aliphatic hydroxyl groups excluding tert-OH is 1. The van der Waals surface area contributed by atoms with E-state index in [9.17, 15) is 5.11 Å². The van der Waals surface area contributed by atoms with Crippen molar-refractivity contribution < 1.29 is 5.11 Å². The van der Waals surface area contributed by atoms with Gasteiger partial charge in [-0.25, -0.2) is 0 Å². The first kappa shape index (κ1) is 14.5. The first-order valence-corrected chi connectivity index (χ1v) is 7.72.